The number of ether oxygens (including phenoxy) is 1. The molecule has 122 valence electrons. The Hall–Kier alpha value is -2.14. The molecule has 0 spiro atoms. The van der Waals surface area contributed by atoms with Crippen LogP contribution >= 0.6 is 7.60 Å². The van der Waals surface area contributed by atoms with Gasteiger partial charge >= 0.3 is 7.60 Å². The van der Waals surface area contributed by atoms with E-state index in [-0.39, 0.29) is 23.6 Å². The molecule has 0 heterocycles. The van der Waals surface area contributed by atoms with Crippen molar-refractivity contribution >= 4 is 24.5 Å². The Bertz CT molecular complexity index is 713. The van der Waals surface area contributed by atoms with Crippen molar-refractivity contribution in [2.75, 3.05) is 18.1 Å². The van der Waals surface area contributed by atoms with Crippen LogP contribution in [0.1, 0.15) is 6.92 Å². The van der Waals surface area contributed by atoms with Gasteiger partial charge in [0.15, 0.2) is 6.61 Å². The topological polar surface area (TPSA) is 87.1 Å². The highest BCUT2D eigenvalue weighted by Crippen LogP contribution is 2.37. The first-order valence-electron chi connectivity index (χ1n) is 7.07. The maximum Gasteiger partial charge on any atom is 0.359 e. The Morgan fingerprint density at radius 1 is 1.09 bits per heavy atom. The van der Waals surface area contributed by atoms with Gasteiger partial charge in [-0.3, -0.25) is 9.36 Å². The van der Waals surface area contributed by atoms with Crippen LogP contribution in [0, 0.1) is 0 Å². The number of carbonyl (C=O) groups excluding carboxylic acids is 1. The van der Waals surface area contributed by atoms with Crippen LogP contribution < -0.4 is 14.9 Å². The maximum atomic E-state index is 12.3. The number of hydrogen-bond acceptors (Lipinski definition) is 3. The molecule has 2 rings (SSSR count). The van der Waals surface area contributed by atoms with E-state index >= 15 is 0 Å². The molecule has 0 aliphatic carbocycles. The fourth-order valence-electron chi connectivity index (χ4n) is 2.15. The average Bonchev–Trinajstić information content (AvgIpc) is 2.54. The molecule has 1 amide bonds. The van der Waals surface area contributed by atoms with Gasteiger partial charge < -0.3 is 19.4 Å². The molecule has 0 unspecified atom stereocenters. The summed E-state index contributed by atoms with van der Waals surface area (Å²) in [6, 6.07) is 14.9. The molecule has 7 heteroatoms. The van der Waals surface area contributed by atoms with Crippen molar-refractivity contribution in [3.05, 3.63) is 54.6 Å². The Labute approximate surface area is 134 Å². The molecule has 0 aromatic heterocycles. The number of rotatable bonds is 6. The number of nitrogens with zero attached hydrogens (tertiary/aromatic N) is 1. The van der Waals surface area contributed by atoms with E-state index < -0.39 is 7.60 Å². The number of hydrogen-bond donors (Lipinski definition) is 2. The number of benzene rings is 2. The van der Waals surface area contributed by atoms with Crippen molar-refractivity contribution in [1.82, 2.24) is 0 Å². The molecule has 2 aromatic rings. The summed E-state index contributed by atoms with van der Waals surface area (Å²) in [5, 5.41) is -0.226. The van der Waals surface area contributed by atoms with Crippen LogP contribution in [0.2, 0.25) is 0 Å². The fourth-order valence-corrected chi connectivity index (χ4v) is 2.85. The molecule has 6 nitrogen and oxygen atoms in total. The van der Waals surface area contributed by atoms with Gasteiger partial charge in [-0.25, -0.2) is 0 Å². The lowest BCUT2D eigenvalue weighted by Gasteiger charge is -2.21. The molecule has 0 saturated carbocycles. The van der Waals surface area contributed by atoms with Gasteiger partial charge in [0, 0.05) is 12.2 Å². The van der Waals surface area contributed by atoms with Gasteiger partial charge in [0.2, 0.25) is 0 Å². The third kappa shape index (κ3) is 4.42. The highest BCUT2D eigenvalue weighted by molar-refractivity contribution is 7.60. The van der Waals surface area contributed by atoms with E-state index in [1.165, 1.54) is 18.2 Å². The Balaban J connectivity index is 2.12. The zero-order valence-electron chi connectivity index (χ0n) is 12.6. The Kier molecular flexibility index (Phi) is 5.55. The summed E-state index contributed by atoms with van der Waals surface area (Å²) in [5.74, 6) is -0.280. The van der Waals surface area contributed by atoms with Gasteiger partial charge in [-0.1, -0.05) is 30.3 Å². The van der Waals surface area contributed by atoms with Crippen molar-refractivity contribution in [3.8, 4) is 5.75 Å². The third-order valence-corrected chi connectivity index (χ3v) is 4.21. The highest BCUT2D eigenvalue weighted by atomic mass is 31.2. The molecular formula is C16H18NO5P. The van der Waals surface area contributed by atoms with E-state index in [4.69, 9.17) is 4.74 Å². The van der Waals surface area contributed by atoms with E-state index in [9.17, 15) is 19.1 Å². The van der Waals surface area contributed by atoms with Crippen LogP contribution in [0.4, 0.5) is 5.69 Å². The van der Waals surface area contributed by atoms with Gasteiger partial charge in [-0.05, 0) is 31.2 Å². The molecule has 0 atom stereocenters. The quantitative estimate of drug-likeness (QED) is 0.788. The van der Waals surface area contributed by atoms with Crippen molar-refractivity contribution in [3.63, 3.8) is 0 Å². The van der Waals surface area contributed by atoms with E-state index in [1.54, 1.807) is 11.0 Å². The first kappa shape index (κ1) is 17.2. The lowest BCUT2D eigenvalue weighted by atomic mass is 10.3. The maximum absolute atomic E-state index is 12.3. The summed E-state index contributed by atoms with van der Waals surface area (Å²) in [4.78, 5) is 32.5. The predicted octanol–water partition coefficient (Wildman–Crippen LogP) is 1.92. The third-order valence-electron chi connectivity index (χ3n) is 3.22. The van der Waals surface area contributed by atoms with Gasteiger partial charge in [-0.2, -0.15) is 0 Å². The molecule has 2 N–H and O–H groups in total. The molecule has 0 aliphatic heterocycles. The summed E-state index contributed by atoms with van der Waals surface area (Å²) >= 11 is 0. The van der Waals surface area contributed by atoms with Crippen molar-refractivity contribution in [2.45, 2.75) is 6.92 Å². The number of carbonyl (C=O) groups is 1. The second kappa shape index (κ2) is 7.42. The van der Waals surface area contributed by atoms with Crippen LogP contribution in [-0.4, -0.2) is 28.8 Å². The number of amides is 1. The minimum Gasteiger partial charge on any atom is -0.483 e. The molecular weight excluding hydrogens is 317 g/mol. The van der Waals surface area contributed by atoms with Crippen LogP contribution in [0.3, 0.4) is 0 Å². The molecule has 0 saturated heterocycles. The molecule has 0 bridgehead atoms. The van der Waals surface area contributed by atoms with Gasteiger partial charge in [0.1, 0.15) is 11.1 Å². The average molecular weight is 335 g/mol. The normalized spacial score (nSPS) is 11.1. The summed E-state index contributed by atoms with van der Waals surface area (Å²) in [7, 11) is -4.45. The second-order valence-corrected chi connectivity index (χ2v) is 6.34. The monoisotopic (exact) mass is 335 g/mol. The van der Waals surface area contributed by atoms with Crippen LogP contribution in [0.15, 0.2) is 54.6 Å². The molecule has 0 fully saturated rings. The van der Waals surface area contributed by atoms with Crippen molar-refractivity contribution in [1.29, 1.82) is 0 Å². The number of likely N-dealkylation sites (N-methyl/N-ethyl adjacent to an activating group) is 1. The van der Waals surface area contributed by atoms with Crippen LogP contribution in [-0.2, 0) is 9.36 Å². The van der Waals surface area contributed by atoms with E-state index in [1.807, 2.05) is 37.3 Å². The lowest BCUT2D eigenvalue weighted by molar-refractivity contribution is -0.120. The Morgan fingerprint density at radius 3 is 2.30 bits per heavy atom. The smallest absolute Gasteiger partial charge is 0.359 e. The van der Waals surface area contributed by atoms with E-state index in [2.05, 4.69) is 0 Å². The van der Waals surface area contributed by atoms with Crippen LogP contribution in [0.25, 0.3) is 0 Å². The molecule has 0 aliphatic rings. The zero-order chi connectivity index (χ0) is 16.9. The fraction of sp³-hybridized carbons (Fsp3) is 0.188. The number of anilines is 1. The van der Waals surface area contributed by atoms with Crippen molar-refractivity contribution < 1.29 is 23.9 Å². The molecule has 23 heavy (non-hydrogen) atoms. The standard InChI is InChI=1S/C16H18NO5P/c1-2-17(13-8-4-3-5-9-13)16(18)12-22-14-10-6-7-11-15(14)23(19,20)21/h3-11H,2,12H2,1H3,(H2,19,20,21). The highest BCUT2D eigenvalue weighted by Gasteiger charge is 2.23. The predicted molar refractivity (Wildman–Crippen MR) is 88.1 cm³/mol. The lowest BCUT2D eigenvalue weighted by Crippen LogP contribution is -2.35. The summed E-state index contributed by atoms with van der Waals surface area (Å²) in [5.41, 5.74) is 0.742. The first-order valence-corrected chi connectivity index (χ1v) is 8.68. The van der Waals surface area contributed by atoms with Crippen LogP contribution in [0.5, 0.6) is 5.75 Å². The molecule has 0 radical (unpaired) electrons. The van der Waals surface area contributed by atoms with Crippen molar-refractivity contribution in [2.24, 2.45) is 0 Å². The summed E-state index contributed by atoms with van der Waals surface area (Å²) < 4.78 is 16.8. The number of para-hydroxylation sites is 2. The SMILES string of the molecule is CCN(C(=O)COc1ccccc1P(=O)(O)O)c1ccccc1. The summed E-state index contributed by atoms with van der Waals surface area (Å²) in [6.07, 6.45) is 0. The van der Waals surface area contributed by atoms with Gasteiger partial charge in [0.25, 0.3) is 5.91 Å². The minimum atomic E-state index is -4.45. The zero-order valence-corrected chi connectivity index (χ0v) is 13.5. The largest absolute Gasteiger partial charge is 0.483 e. The van der Waals surface area contributed by atoms with E-state index in [0.29, 0.717) is 6.54 Å². The van der Waals surface area contributed by atoms with Gasteiger partial charge in [0.05, 0.1) is 0 Å². The first-order chi connectivity index (χ1) is 10.9. The Morgan fingerprint density at radius 2 is 1.70 bits per heavy atom. The van der Waals surface area contributed by atoms with Gasteiger partial charge in [-0.15, -0.1) is 0 Å². The minimum absolute atomic E-state index is 0.0123. The van der Waals surface area contributed by atoms with E-state index in [0.717, 1.165) is 5.69 Å². The molecule has 2 aromatic carbocycles. The summed E-state index contributed by atoms with van der Waals surface area (Å²) in [6.45, 7) is 2.00. The second-order valence-electron chi connectivity index (χ2n) is 4.77.